The first-order valence-electron chi connectivity index (χ1n) is 4.03. The van der Waals surface area contributed by atoms with Crippen LogP contribution < -0.4 is 0 Å². The molecular formula is C9H6F2O3S. The van der Waals surface area contributed by atoms with Crippen LogP contribution in [0.25, 0.3) is 11.0 Å². The molecule has 0 unspecified atom stereocenters. The molecule has 0 saturated heterocycles. The Balaban J connectivity index is 2.87. The van der Waals surface area contributed by atoms with E-state index in [9.17, 15) is 16.7 Å². The third-order valence-electron chi connectivity index (χ3n) is 2.08. The highest BCUT2D eigenvalue weighted by Gasteiger charge is 2.23. The number of hydrogen-bond donors (Lipinski definition) is 0. The first kappa shape index (κ1) is 10.1. The normalized spacial score (nSPS) is 12.2. The predicted octanol–water partition coefficient (Wildman–Crippen LogP) is 2.54. The largest absolute Gasteiger partial charge is 0.442 e. The Morgan fingerprint density at radius 3 is 2.60 bits per heavy atom. The Morgan fingerprint density at radius 1 is 1.33 bits per heavy atom. The molecule has 6 heteroatoms. The van der Waals surface area contributed by atoms with Gasteiger partial charge in [-0.1, -0.05) is 3.89 Å². The van der Waals surface area contributed by atoms with Gasteiger partial charge in [-0.2, -0.15) is 8.42 Å². The molecule has 0 aliphatic heterocycles. The SMILES string of the molecule is Cc1c(S(=O)(=O)F)oc2ccc(F)cc12. The molecule has 0 atom stereocenters. The molecule has 2 rings (SSSR count). The zero-order valence-electron chi connectivity index (χ0n) is 7.62. The van der Waals surface area contributed by atoms with Crippen LogP contribution in [0.15, 0.2) is 27.7 Å². The topological polar surface area (TPSA) is 47.3 Å². The van der Waals surface area contributed by atoms with Gasteiger partial charge in [-0.3, -0.25) is 0 Å². The van der Waals surface area contributed by atoms with Gasteiger partial charge in [0, 0.05) is 10.9 Å². The summed E-state index contributed by atoms with van der Waals surface area (Å²) in [5.41, 5.74) is 0.220. The summed E-state index contributed by atoms with van der Waals surface area (Å²) >= 11 is 0. The van der Waals surface area contributed by atoms with Gasteiger partial charge in [0.05, 0.1) is 0 Å². The molecule has 0 bridgehead atoms. The van der Waals surface area contributed by atoms with E-state index >= 15 is 0 Å². The standard InChI is InChI=1S/C9H6F2O3S/c1-5-7-4-6(10)2-3-8(7)14-9(5)15(11,12)13/h2-4H,1H3. The van der Waals surface area contributed by atoms with Crippen LogP contribution in [0.5, 0.6) is 0 Å². The van der Waals surface area contributed by atoms with E-state index in [-0.39, 0.29) is 16.5 Å². The zero-order chi connectivity index (χ0) is 11.2. The molecule has 0 amide bonds. The van der Waals surface area contributed by atoms with Crippen molar-refractivity contribution >= 4 is 21.2 Å². The number of furan rings is 1. The summed E-state index contributed by atoms with van der Waals surface area (Å²) in [7, 11) is -4.90. The predicted molar refractivity (Wildman–Crippen MR) is 49.2 cm³/mol. The highest BCUT2D eigenvalue weighted by molar-refractivity contribution is 7.86. The van der Waals surface area contributed by atoms with E-state index < -0.39 is 21.1 Å². The number of hydrogen-bond acceptors (Lipinski definition) is 3. The van der Waals surface area contributed by atoms with Crippen LogP contribution in [0.1, 0.15) is 5.56 Å². The summed E-state index contributed by atoms with van der Waals surface area (Å²) in [5, 5.41) is -0.505. The lowest BCUT2D eigenvalue weighted by atomic mass is 10.2. The van der Waals surface area contributed by atoms with E-state index in [4.69, 9.17) is 4.42 Å². The summed E-state index contributed by atoms with van der Waals surface area (Å²) in [6, 6.07) is 3.47. The van der Waals surface area contributed by atoms with Gasteiger partial charge in [0.2, 0.25) is 0 Å². The summed E-state index contributed by atoms with van der Waals surface area (Å²) < 4.78 is 51.6. The number of fused-ring (bicyclic) bond motifs is 1. The molecule has 80 valence electrons. The van der Waals surface area contributed by atoms with Gasteiger partial charge < -0.3 is 4.42 Å². The van der Waals surface area contributed by atoms with Crippen LogP contribution in [0.3, 0.4) is 0 Å². The van der Waals surface area contributed by atoms with Gasteiger partial charge in [-0.05, 0) is 25.1 Å². The maximum atomic E-state index is 12.8. The van der Waals surface area contributed by atoms with Crippen LogP contribution in [-0.2, 0) is 10.2 Å². The first-order valence-corrected chi connectivity index (χ1v) is 5.41. The van der Waals surface area contributed by atoms with Crippen molar-refractivity contribution in [3.63, 3.8) is 0 Å². The highest BCUT2D eigenvalue weighted by atomic mass is 32.3. The van der Waals surface area contributed by atoms with Crippen molar-refractivity contribution in [3.05, 3.63) is 29.6 Å². The Labute approximate surface area is 84.5 Å². The Morgan fingerprint density at radius 2 is 2.00 bits per heavy atom. The van der Waals surface area contributed by atoms with Crippen molar-refractivity contribution in [1.82, 2.24) is 0 Å². The maximum Gasteiger partial charge on any atom is 0.366 e. The van der Waals surface area contributed by atoms with E-state index in [1.165, 1.54) is 13.0 Å². The van der Waals surface area contributed by atoms with Crippen LogP contribution in [-0.4, -0.2) is 8.42 Å². The van der Waals surface area contributed by atoms with Crippen molar-refractivity contribution in [2.45, 2.75) is 12.0 Å². The molecule has 0 radical (unpaired) electrons. The van der Waals surface area contributed by atoms with E-state index in [0.717, 1.165) is 12.1 Å². The van der Waals surface area contributed by atoms with Gasteiger partial charge in [0.1, 0.15) is 11.4 Å². The molecule has 0 aliphatic rings. The number of rotatable bonds is 1. The summed E-state index contributed by atoms with van der Waals surface area (Å²) in [6.45, 7) is 1.36. The average molecular weight is 232 g/mol. The lowest BCUT2D eigenvalue weighted by Gasteiger charge is -1.89. The van der Waals surface area contributed by atoms with Crippen LogP contribution >= 0.6 is 0 Å². The first-order chi connectivity index (χ1) is 6.89. The third-order valence-corrected chi connectivity index (χ3v) is 2.91. The second kappa shape index (κ2) is 3.03. The summed E-state index contributed by atoms with van der Waals surface area (Å²) in [5.74, 6) is -0.533. The molecule has 15 heavy (non-hydrogen) atoms. The minimum atomic E-state index is -4.90. The van der Waals surface area contributed by atoms with Gasteiger partial charge in [-0.15, -0.1) is 0 Å². The summed E-state index contributed by atoms with van der Waals surface area (Å²) in [6.07, 6.45) is 0. The fraction of sp³-hybridized carbons (Fsp3) is 0.111. The molecule has 0 fully saturated rings. The Hall–Kier alpha value is -1.43. The molecular weight excluding hydrogens is 226 g/mol. The van der Waals surface area contributed by atoms with Crippen LogP contribution in [0.2, 0.25) is 0 Å². The monoisotopic (exact) mass is 232 g/mol. The minimum absolute atomic E-state index is 0.0759. The maximum absolute atomic E-state index is 12.8. The van der Waals surface area contributed by atoms with Gasteiger partial charge in [0.15, 0.2) is 0 Å². The zero-order valence-corrected chi connectivity index (χ0v) is 8.44. The van der Waals surface area contributed by atoms with E-state index in [1.54, 1.807) is 0 Å². The lowest BCUT2D eigenvalue weighted by Crippen LogP contribution is -1.90. The fourth-order valence-electron chi connectivity index (χ4n) is 1.40. The van der Waals surface area contributed by atoms with Gasteiger partial charge in [0.25, 0.3) is 5.09 Å². The van der Waals surface area contributed by atoms with Gasteiger partial charge in [-0.25, -0.2) is 4.39 Å². The van der Waals surface area contributed by atoms with Crippen LogP contribution in [0, 0.1) is 12.7 Å². The third kappa shape index (κ3) is 1.61. The van der Waals surface area contributed by atoms with Crippen molar-refractivity contribution in [3.8, 4) is 0 Å². The molecule has 1 aromatic heterocycles. The highest BCUT2D eigenvalue weighted by Crippen LogP contribution is 2.29. The lowest BCUT2D eigenvalue weighted by molar-refractivity contribution is 0.456. The molecule has 3 nitrogen and oxygen atoms in total. The van der Waals surface area contributed by atoms with Crippen molar-refractivity contribution in [1.29, 1.82) is 0 Å². The number of aryl methyl sites for hydroxylation is 1. The second-order valence-corrected chi connectivity index (χ2v) is 4.34. The Bertz CT molecular complexity index is 628. The van der Waals surface area contributed by atoms with Crippen LogP contribution in [0.4, 0.5) is 8.28 Å². The molecule has 0 saturated carbocycles. The van der Waals surface area contributed by atoms with Gasteiger partial charge >= 0.3 is 10.2 Å². The molecule has 1 aromatic carbocycles. The molecule has 0 N–H and O–H groups in total. The molecule has 1 heterocycles. The average Bonchev–Trinajstić information content (AvgIpc) is 2.43. The fourth-order valence-corrected chi connectivity index (χ4v) is 2.07. The van der Waals surface area contributed by atoms with E-state index in [1.807, 2.05) is 0 Å². The van der Waals surface area contributed by atoms with Crippen molar-refractivity contribution in [2.75, 3.05) is 0 Å². The van der Waals surface area contributed by atoms with E-state index in [0.29, 0.717) is 0 Å². The molecule has 0 spiro atoms. The smallest absolute Gasteiger partial charge is 0.366 e. The van der Waals surface area contributed by atoms with Crippen molar-refractivity contribution < 1.29 is 21.1 Å². The number of benzene rings is 1. The summed E-state index contributed by atoms with van der Waals surface area (Å²) in [4.78, 5) is 0. The van der Waals surface area contributed by atoms with Crippen molar-refractivity contribution in [2.24, 2.45) is 0 Å². The Kier molecular flexibility index (Phi) is 2.04. The molecule has 0 aliphatic carbocycles. The molecule has 2 aromatic rings. The minimum Gasteiger partial charge on any atom is -0.442 e. The second-order valence-electron chi connectivity index (χ2n) is 3.09. The number of halogens is 2. The van der Waals surface area contributed by atoms with E-state index in [2.05, 4.69) is 0 Å². The quantitative estimate of drug-likeness (QED) is 0.710.